The van der Waals surface area contributed by atoms with E-state index in [9.17, 15) is 4.79 Å². The number of thiazole rings is 1. The molecule has 1 atom stereocenters. The molecule has 2 aliphatic heterocycles. The second-order valence-corrected chi connectivity index (χ2v) is 8.42. The van der Waals surface area contributed by atoms with Crippen LogP contribution in [0.1, 0.15) is 41.7 Å². The molecule has 28 heavy (non-hydrogen) atoms. The summed E-state index contributed by atoms with van der Waals surface area (Å²) in [6, 6.07) is 10.8. The zero-order valence-corrected chi connectivity index (χ0v) is 16.9. The molecule has 1 amide bonds. The minimum atomic E-state index is -0.0667. The minimum Gasteiger partial charge on any atom is -0.376 e. The number of hydrogen-bond acceptors (Lipinski definition) is 6. The molecule has 2 aliphatic rings. The second kappa shape index (κ2) is 9.49. The smallest absolute Gasteiger partial charge is 0.271 e. The van der Waals surface area contributed by atoms with Crippen molar-refractivity contribution in [1.29, 1.82) is 0 Å². The highest BCUT2D eigenvalue weighted by atomic mass is 32.1. The molecule has 2 saturated heterocycles. The van der Waals surface area contributed by atoms with Gasteiger partial charge in [-0.2, -0.15) is 0 Å². The maximum Gasteiger partial charge on any atom is 0.271 e. The van der Waals surface area contributed by atoms with Gasteiger partial charge in [-0.1, -0.05) is 30.3 Å². The van der Waals surface area contributed by atoms with Gasteiger partial charge in [-0.25, -0.2) is 4.98 Å². The van der Waals surface area contributed by atoms with Gasteiger partial charge < -0.3 is 15.4 Å². The number of amides is 1. The first-order chi connectivity index (χ1) is 13.8. The summed E-state index contributed by atoms with van der Waals surface area (Å²) in [5, 5.41) is 9.07. The lowest BCUT2D eigenvalue weighted by molar-refractivity contribution is 0.0904. The zero-order chi connectivity index (χ0) is 19.2. The summed E-state index contributed by atoms with van der Waals surface area (Å²) in [4.78, 5) is 19.4. The Labute approximate surface area is 170 Å². The Bertz CT molecular complexity index is 753. The fourth-order valence-corrected chi connectivity index (χ4v) is 4.50. The number of rotatable bonds is 7. The van der Waals surface area contributed by atoms with Gasteiger partial charge in [-0.05, 0) is 31.2 Å². The zero-order valence-electron chi connectivity index (χ0n) is 16.1. The van der Waals surface area contributed by atoms with E-state index in [-0.39, 0.29) is 18.1 Å². The van der Waals surface area contributed by atoms with E-state index in [1.165, 1.54) is 16.9 Å². The van der Waals surface area contributed by atoms with E-state index in [0.717, 1.165) is 63.6 Å². The first-order valence-electron chi connectivity index (χ1n) is 10.1. The molecule has 1 unspecified atom stereocenters. The number of piperidine rings is 1. The minimum absolute atomic E-state index is 0.0667. The Kier molecular flexibility index (Phi) is 6.57. The molecule has 3 heterocycles. The molecule has 0 aliphatic carbocycles. The van der Waals surface area contributed by atoms with E-state index in [2.05, 4.69) is 44.8 Å². The van der Waals surface area contributed by atoms with Crippen LogP contribution in [0.2, 0.25) is 0 Å². The highest BCUT2D eigenvalue weighted by Gasteiger charge is 2.22. The molecule has 1 aromatic carbocycles. The van der Waals surface area contributed by atoms with Gasteiger partial charge in [0.05, 0.1) is 6.10 Å². The Morgan fingerprint density at radius 1 is 1.21 bits per heavy atom. The number of ether oxygens (including phenoxy) is 1. The largest absolute Gasteiger partial charge is 0.376 e. The Hall–Kier alpha value is -1.96. The standard InChI is InChI=1S/C21H28N4O2S/c26-20(19-15-28-21(24-19)22-13-18-7-4-12-27-18)23-17-8-10-25(11-9-17)14-16-5-2-1-3-6-16/h1-3,5-6,15,17-18H,4,7-14H2,(H,22,24)(H,23,26). The first-order valence-corrected chi connectivity index (χ1v) is 11.0. The maximum atomic E-state index is 12.5. The van der Waals surface area contributed by atoms with E-state index in [1.807, 2.05) is 11.4 Å². The SMILES string of the molecule is O=C(NC1CCN(Cc2ccccc2)CC1)c1csc(NCC2CCCO2)n1. The number of nitrogens with one attached hydrogen (secondary N) is 2. The lowest BCUT2D eigenvalue weighted by atomic mass is 10.0. The molecule has 2 aromatic rings. The highest BCUT2D eigenvalue weighted by molar-refractivity contribution is 7.13. The molecule has 0 radical (unpaired) electrons. The molecular weight excluding hydrogens is 372 g/mol. The Morgan fingerprint density at radius 2 is 2.04 bits per heavy atom. The number of aromatic nitrogens is 1. The first kappa shape index (κ1) is 19.4. The molecule has 7 heteroatoms. The van der Waals surface area contributed by atoms with Crippen LogP contribution in [0.3, 0.4) is 0 Å². The molecule has 2 fully saturated rings. The normalized spacial score (nSPS) is 20.9. The van der Waals surface area contributed by atoms with Gasteiger partial charge in [-0.15, -0.1) is 11.3 Å². The third-order valence-electron chi connectivity index (χ3n) is 5.41. The van der Waals surface area contributed by atoms with Crippen molar-refractivity contribution in [3.05, 3.63) is 47.0 Å². The van der Waals surface area contributed by atoms with Crippen molar-refractivity contribution in [2.75, 3.05) is 31.6 Å². The van der Waals surface area contributed by atoms with E-state index in [1.54, 1.807) is 0 Å². The third-order valence-corrected chi connectivity index (χ3v) is 6.21. The average Bonchev–Trinajstić information content (AvgIpc) is 3.41. The molecule has 0 spiro atoms. The number of carbonyl (C=O) groups excluding carboxylic acids is 1. The van der Waals surface area contributed by atoms with Gasteiger partial charge in [0.1, 0.15) is 5.69 Å². The van der Waals surface area contributed by atoms with Crippen molar-refractivity contribution in [2.24, 2.45) is 0 Å². The number of nitrogens with zero attached hydrogens (tertiary/aromatic N) is 2. The van der Waals surface area contributed by atoms with Crippen LogP contribution in [0.25, 0.3) is 0 Å². The van der Waals surface area contributed by atoms with Gasteiger partial charge >= 0.3 is 0 Å². The summed E-state index contributed by atoms with van der Waals surface area (Å²) in [5.41, 5.74) is 1.85. The van der Waals surface area contributed by atoms with E-state index in [0.29, 0.717) is 5.69 Å². The molecule has 0 bridgehead atoms. The van der Waals surface area contributed by atoms with Crippen LogP contribution in [0.15, 0.2) is 35.7 Å². The summed E-state index contributed by atoms with van der Waals surface area (Å²) >= 11 is 1.48. The molecule has 4 rings (SSSR count). The van der Waals surface area contributed by atoms with Crippen LogP contribution < -0.4 is 10.6 Å². The van der Waals surface area contributed by atoms with E-state index >= 15 is 0 Å². The van der Waals surface area contributed by atoms with Gasteiger partial charge in [0.2, 0.25) is 0 Å². The molecule has 1 aromatic heterocycles. The quantitative estimate of drug-likeness (QED) is 0.748. The van der Waals surface area contributed by atoms with Gasteiger partial charge in [0.15, 0.2) is 5.13 Å². The van der Waals surface area contributed by atoms with Crippen LogP contribution >= 0.6 is 11.3 Å². The van der Waals surface area contributed by atoms with Gasteiger partial charge in [0, 0.05) is 44.2 Å². The number of likely N-dealkylation sites (tertiary alicyclic amines) is 1. The van der Waals surface area contributed by atoms with Crippen molar-refractivity contribution in [3.63, 3.8) is 0 Å². The Morgan fingerprint density at radius 3 is 2.79 bits per heavy atom. The second-order valence-electron chi connectivity index (χ2n) is 7.56. The van der Waals surface area contributed by atoms with Crippen LogP contribution in [-0.2, 0) is 11.3 Å². The number of carbonyl (C=O) groups is 1. The van der Waals surface area contributed by atoms with E-state index in [4.69, 9.17) is 4.74 Å². The molecule has 6 nitrogen and oxygen atoms in total. The average molecular weight is 401 g/mol. The predicted molar refractivity (Wildman–Crippen MR) is 112 cm³/mol. The van der Waals surface area contributed by atoms with Crippen LogP contribution in [0.4, 0.5) is 5.13 Å². The fourth-order valence-electron chi connectivity index (χ4n) is 3.80. The van der Waals surface area contributed by atoms with Crippen LogP contribution in [0, 0.1) is 0 Å². The summed E-state index contributed by atoms with van der Waals surface area (Å²) < 4.78 is 5.61. The Balaban J connectivity index is 1.20. The van der Waals surface area contributed by atoms with E-state index < -0.39 is 0 Å². The summed E-state index contributed by atoms with van der Waals surface area (Å²) in [5.74, 6) is -0.0667. The van der Waals surface area contributed by atoms with Crippen molar-refractivity contribution < 1.29 is 9.53 Å². The number of benzene rings is 1. The van der Waals surface area contributed by atoms with Crippen molar-refractivity contribution in [1.82, 2.24) is 15.2 Å². The number of hydrogen-bond donors (Lipinski definition) is 2. The van der Waals surface area contributed by atoms with Gasteiger partial charge in [-0.3, -0.25) is 9.69 Å². The molecule has 150 valence electrons. The molecule has 2 N–H and O–H groups in total. The fraction of sp³-hybridized carbons (Fsp3) is 0.524. The van der Waals surface area contributed by atoms with Crippen LogP contribution in [-0.4, -0.2) is 54.2 Å². The van der Waals surface area contributed by atoms with Crippen molar-refractivity contribution in [3.8, 4) is 0 Å². The third kappa shape index (κ3) is 5.31. The van der Waals surface area contributed by atoms with Gasteiger partial charge in [0.25, 0.3) is 5.91 Å². The lowest BCUT2D eigenvalue weighted by Gasteiger charge is -2.32. The molecular formula is C21H28N4O2S. The van der Waals surface area contributed by atoms with Crippen molar-refractivity contribution in [2.45, 2.75) is 44.4 Å². The monoisotopic (exact) mass is 400 g/mol. The molecule has 0 saturated carbocycles. The lowest BCUT2D eigenvalue weighted by Crippen LogP contribution is -2.44. The topological polar surface area (TPSA) is 66.5 Å². The summed E-state index contributed by atoms with van der Waals surface area (Å²) in [7, 11) is 0. The predicted octanol–water partition coefficient (Wildman–Crippen LogP) is 3.13. The highest BCUT2D eigenvalue weighted by Crippen LogP contribution is 2.19. The summed E-state index contributed by atoms with van der Waals surface area (Å²) in [6.45, 7) is 4.60. The summed E-state index contributed by atoms with van der Waals surface area (Å²) in [6.07, 6.45) is 4.44. The maximum absolute atomic E-state index is 12.5. The van der Waals surface area contributed by atoms with Crippen LogP contribution in [0.5, 0.6) is 0 Å². The van der Waals surface area contributed by atoms with Crippen molar-refractivity contribution >= 4 is 22.4 Å². The number of anilines is 1.